The lowest BCUT2D eigenvalue weighted by molar-refractivity contribution is -0.145. The third-order valence-corrected chi connectivity index (χ3v) is 4.73. The van der Waals surface area contributed by atoms with E-state index in [1.165, 1.54) is 0 Å². The Hall–Kier alpha value is -0.810. The first-order valence-corrected chi connectivity index (χ1v) is 7.76. The molecule has 1 aromatic carbocycles. The second kappa shape index (κ2) is 7.45. The smallest absolute Gasteiger partial charge is 0.329 e. The number of ether oxygens (including phenoxy) is 1. The van der Waals surface area contributed by atoms with Crippen molar-refractivity contribution in [3.05, 3.63) is 33.8 Å². The molecule has 1 atom stereocenters. The number of likely N-dealkylation sites (tertiary alicyclic amines) is 1. The molecule has 0 spiro atoms. The highest BCUT2D eigenvalue weighted by molar-refractivity contribution is 6.42. The van der Waals surface area contributed by atoms with Crippen molar-refractivity contribution in [2.75, 3.05) is 19.7 Å². The van der Waals surface area contributed by atoms with Gasteiger partial charge in [-0.3, -0.25) is 4.90 Å². The van der Waals surface area contributed by atoms with Crippen LogP contribution in [-0.4, -0.2) is 41.8 Å². The predicted molar refractivity (Wildman–Crippen MR) is 83.1 cm³/mol. The quantitative estimate of drug-likeness (QED) is 0.895. The number of benzene rings is 1. The molecule has 0 aliphatic carbocycles. The van der Waals surface area contributed by atoms with Gasteiger partial charge in [-0.2, -0.15) is 0 Å². The summed E-state index contributed by atoms with van der Waals surface area (Å²) in [7, 11) is 0. The minimum atomic E-state index is -0.920. The average molecular weight is 332 g/mol. The molecule has 0 radical (unpaired) electrons. The maximum absolute atomic E-state index is 10.5. The fourth-order valence-corrected chi connectivity index (χ4v) is 3.12. The van der Waals surface area contributed by atoms with Crippen LogP contribution >= 0.6 is 23.2 Å². The van der Waals surface area contributed by atoms with Crippen LogP contribution in [0.4, 0.5) is 0 Å². The first-order valence-electron chi connectivity index (χ1n) is 7.00. The molecular weight excluding hydrogens is 313 g/mol. The van der Waals surface area contributed by atoms with Gasteiger partial charge in [-0.1, -0.05) is 35.3 Å². The Morgan fingerprint density at radius 2 is 2.10 bits per heavy atom. The molecule has 21 heavy (non-hydrogen) atoms. The highest BCUT2D eigenvalue weighted by atomic mass is 35.5. The Bertz CT molecular complexity index is 502. The number of rotatable bonds is 5. The molecule has 1 N–H and O–H groups in total. The first-order chi connectivity index (χ1) is 9.99. The molecule has 0 amide bonds. The maximum atomic E-state index is 10.5. The minimum Gasteiger partial charge on any atom is -0.480 e. The maximum Gasteiger partial charge on any atom is 0.329 e. The van der Waals surface area contributed by atoms with E-state index < -0.39 is 5.97 Å². The van der Waals surface area contributed by atoms with E-state index in [0.29, 0.717) is 10.0 Å². The number of carbonyl (C=O) groups is 1. The molecule has 0 aromatic heterocycles. The normalized spacial score (nSPS) is 18.6. The lowest BCUT2D eigenvalue weighted by Crippen LogP contribution is -2.39. The Kier molecular flexibility index (Phi) is 5.88. The van der Waals surface area contributed by atoms with E-state index in [9.17, 15) is 4.79 Å². The Balaban J connectivity index is 1.92. The van der Waals surface area contributed by atoms with E-state index in [1.807, 2.05) is 12.1 Å². The van der Waals surface area contributed by atoms with Gasteiger partial charge in [0, 0.05) is 19.1 Å². The van der Waals surface area contributed by atoms with E-state index in [4.69, 9.17) is 33.0 Å². The van der Waals surface area contributed by atoms with Crippen molar-refractivity contribution in [3.8, 4) is 0 Å². The lowest BCUT2D eigenvalue weighted by atomic mass is 10.0. The number of hydrogen-bond donors (Lipinski definition) is 1. The average Bonchev–Trinajstić information content (AvgIpc) is 2.48. The Labute approximate surface area is 134 Å². The molecule has 0 bridgehead atoms. The molecule has 2 rings (SSSR count). The predicted octanol–water partition coefficient (Wildman–Crippen LogP) is 3.62. The molecule has 116 valence electrons. The van der Waals surface area contributed by atoms with Gasteiger partial charge in [0.1, 0.15) is 6.61 Å². The summed E-state index contributed by atoms with van der Waals surface area (Å²) >= 11 is 12.3. The summed E-state index contributed by atoms with van der Waals surface area (Å²) in [6.45, 7) is 3.60. The summed E-state index contributed by atoms with van der Waals surface area (Å²) in [6.07, 6.45) is 1.69. The molecular formula is C15H19Cl2NO3. The number of aliphatic carboxylic acids is 1. The Morgan fingerprint density at radius 3 is 2.71 bits per heavy atom. The lowest BCUT2D eigenvalue weighted by Gasteiger charge is -2.36. The molecule has 1 aliphatic heterocycles. The van der Waals surface area contributed by atoms with Crippen molar-refractivity contribution in [1.82, 2.24) is 4.90 Å². The van der Waals surface area contributed by atoms with E-state index in [1.54, 1.807) is 6.07 Å². The van der Waals surface area contributed by atoms with Crippen molar-refractivity contribution in [2.24, 2.45) is 0 Å². The topological polar surface area (TPSA) is 49.8 Å². The third-order valence-electron chi connectivity index (χ3n) is 3.90. The summed E-state index contributed by atoms with van der Waals surface area (Å²) in [5, 5.41) is 9.80. The highest BCUT2D eigenvalue weighted by Crippen LogP contribution is 2.33. The van der Waals surface area contributed by atoms with Crippen LogP contribution in [-0.2, 0) is 9.53 Å². The van der Waals surface area contributed by atoms with Crippen LogP contribution in [0.2, 0.25) is 10.0 Å². The number of piperidine rings is 1. The largest absolute Gasteiger partial charge is 0.480 e. The summed E-state index contributed by atoms with van der Waals surface area (Å²) in [5.74, 6) is -0.920. The fourth-order valence-electron chi connectivity index (χ4n) is 2.66. The van der Waals surface area contributed by atoms with Gasteiger partial charge in [0.25, 0.3) is 0 Å². The number of hydrogen-bond acceptors (Lipinski definition) is 3. The summed E-state index contributed by atoms with van der Waals surface area (Å²) in [6, 6.07) is 5.86. The number of halogens is 2. The van der Waals surface area contributed by atoms with Crippen LogP contribution < -0.4 is 0 Å². The van der Waals surface area contributed by atoms with Crippen molar-refractivity contribution < 1.29 is 14.6 Å². The van der Waals surface area contributed by atoms with Crippen LogP contribution in [0.5, 0.6) is 0 Å². The van der Waals surface area contributed by atoms with Gasteiger partial charge in [0.05, 0.1) is 16.1 Å². The van der Waals surface area contributed by atoms with E-state index in [2.05, 4.69) is 11.8 Å². The van der Waals surface area contributed by atoms with Crippen molar-refractivity contribution in [3.63, 3.8) is 0 Å². The summed E-state index contributed by atoms with van der Waals surface area (Å²) in [4.78, 5) is 12.8. The van der Waals surface area contributed by atoms with Crippen LogP contribution in [0.15, 0.2) is 18.2 Å². The molecule has 1 heterocycles. The summed E-state index contributed by atoms with van der Waals surface area (Å²) in [5.41, 5.74) is 1.02. The molecule has 1 fully saturated rings. The second-order valence-corrected chi connectivity index (χ2v) is 6.04. The molecule has 6 heteroatoms. The first kappa shape index (κ1) is 16.6. The molecule has 4 nitrogen and oxygen atoms in total. The molecule has 1 saturated heterocycles. The van der Waals surface area contributed by atoms with Crippen LogP contribution in [0.25, 0.3) is 0 Å². The van der Waals surface area contributed by atoms with E-state index in [-0.39, 0.29) is 18.8 Å². The number of carboxylic acids is 1. The van der Waals surface area contributed by atoms with Crippen molar-refractivity contribution in [2.45, 2.75) is 31.9 Å². The van der Waals surface area contributed by atoms with Gasteiger partial charge in [0.2, 0.25) is 0 Å². The number of carboxylic acid groups (broad SMARTS) is 1. The van der Waals surface area contributed by atoms with Crippen LogP contribution in [0, 0.1) is 0 Å². The van der Waals surface area contributed by atoms with Crippen molar-refractivity contribution >= 4 is 29.2 Å². The zero-order valence-electron chi connectivity index (χ0n) is 11.9. The molecule has 1 aliphatic rings. The van der Waals surface area contributed by atoms with Crippen LogP contribution in [0.1, 0.15) is 31.4 Å². The van der Waals surface area contributed by atoms with Gasteiger partial charge in [-0.15, -0.1) is 0 Å². The molecule has 1 unspecified atom stereocenters. The summed E-state index contributed by atoms with van der Waals surface area (Å²) < 4.78 is 5.35. The molecule has 1 aromatic rings. The van der Waals surface area contributed by atoms with E-state index >= 15 is 0 Å². The van der Waals surface area contributed by atoms with Gasteiger partial charge in [-0.25, -0.2) is 4.79 Å². The standard InChI is InChI=1S/C15H19Cl2NO3/c1-10(12-3-2-4-13(16)15(12)17)18-7-5-11(6-8-18)21-9-14(19)20/h2-4,10-11H,5-9H2,1H3,(H,19,20). The van der Waals surface area contributed by atoms with Crippen molar-refractivity contribution in [1.29, 1.82) is 0 Å². The SMILES string of the molecule is CC(c1cccc(Cl)c1Cl)N1CCC(OCC(=O)O)CC1. The van der Waals surface area contributed by atoms with Gasteiger partial charge in [0.15, 0.2) is 0 Å². The Morgan fingerprint density at radius 1 is 1.43 bits per heavy atom. The monoisotopic (exact) mass is 331 g/mol. The minimum absolute atomic E-state index is 0.0272. The zero-order chi connectivity index (χ0) is 15.4. The molecule has 0 saturated carbocycles. The number of nitrogens with zero attached hydrogens (tertiary/aromatic N) is 1. The highest BCUT2D eigenvalue weighted by Gasteiger charge is 2.25. The van der Waals surface area contributed by atoms with Gasteiger partial charge in [-0.05, 0) is 31.4 Å². The van der Waals surface area contributed by atoms with Crippen LogP contribution in [0.3, 0.4) is 0 Å². The fraction of sp³-hybridized carbons (Fsp3) is 0.533. The van der Waals surface area contributed by atoms with Gasteiger partial charge < -0.3 is 9.84 Å². The zero-order valence-corrected chi connectivity index (χ0v) is 13.4. The van der Waals surface area contributed by atoms with Gasteiger partial charge >= 0.3 is 5.97 Å². The second-order valence-electron chi connectivity index (χ2n) is 5.26. The van der Waals surface area contributed by atoms with E-state index in [0.717, 1.165) is 31.5 Å². The third kappa shape index (κ3) is 4.33.